The second-order valence-corrected chi connectivity index (χ2v) is 19.8. The van der Waals surface area contributed by atoms with Gasteiger partial charge in [-0.05, 0) is 13.8 Å². The van der Waals surface area contributed by atoms with Crippen LogP contribution in [0.3, 0.4) is 0 Å². The van der Waals surface area contributed by atoms with Crippen molar-refractivity contribution < 1.29 is 116 Å². The molecule has 0 aliphatic carbocycles. The molecule has 97 heavy (non-hydrogen) atoms. The first kappa shape index (κ1) is 86.4. The van der Waals surface area contributed by atoms with Gasteiger partial charge in [0.2, 0.25) is 0 Å². The maximum atomic E-state index is 10.9. The van der Waals surface area contributed by atoms with E-state index in [2.05, 4.69) is 94.5 Å². The molecule has 24 N–H and O–H groups in total. The number of carbonyl (C=O) groups excluding carboxylic acids is 3. The Morgan fingerprint density at radius 1 is 0.485 bits per heavy atom. The quantitative estimate of drug-likeness (QED) is 0.0120. The van der Waals surface area contributed by atoms with Crippen LogP contribution >= 0.6 is 35.1 Å². The Balaban J connectivity index is 0.00000112. The fourth-order valence-electron chi connectivity index (χ4n) is 6.57. The number of thiazole rings is 1. The number of nitrogens with zero attached hydrogens (tertiary/aromatic N) is 11. The minimum absolute atomic E-state index is 0. The number of ketones is 3. The maximum Gasteiger partial charge on any atom is 0.194 e. The molecule has 42 heteroatoms. The normalized spacial score (nSPS) is 13.7. The molecule has 0 fully saturated rings. The molecule has 0 aliphatic heterocycles. The summed E-state index contributed by atoms with van der Waals surface area (Å²) in [7, 11) is 0. The maximum absolute atomic E-state index is 10.9. The van der Waals surface area contributed by atoms with Gasteiger partial charge in [-0.3, -0.25) is 14.4 Å². The summed E-state index contributed by atoms with van der Waals surface area (Å²) in [6.07, 6.45) is -2.14. The molecule has 0 bridgehead atoms. The number of hydrogen-bond donors (Lipinski definition) is 24. The SMILES string of the molecule is C.C.C/C(=N\O)c1ncc(CO)[nH]1.C/C(=N\O)c1ncc([C@@H](O)[C@H](O)[C@H](O)CO)[nH]1.CC(=O)c1nc(CO)cs1.CC(=O)c1ncc(CO)[nH]1.CC(=O)c1ncc([C@@H](O)[C@H](O)[C@H](O)CO)[nH]1.OC[C@@H](O)[C@@H](O)[C@H](O)c1cnc(-c2ccon2)[nH]1.OCc1cnc(-c2ccon2)[nH]1.[3H]I. The van der Waals surface area contributed by atoms with Crippen LogP contribution in [0.25, 0.3) is 23.0 Å². The Labute approximate surface area is 572 Å². The topological polar surface area (TPSA) is 677 Å². The molecule has 0 saturated carbocycles. The zero-order chi connectivity index (χ0) is 72.2. The lowest BCUT2D eigenvalue weighted by molar-refractivity contribution is -0.0788. The van der Waals surface area contributed by atoms with E-state index in [-0.39, 0.29) is 93.1 Å². The number of aromatic amines is 6. The van der Waals surface area contributed by atoms with Crippen molar-refractivity contribution in [3.05, 3.63) is 135 Å². The van der Waals surface area contributed by atoms with E-state index in [1.807, 2.05) is 0 Å². The molecular weight excluding hydrogens is 1430 g/mol. The molecule has 9 aromatic rings. The number of oxime groups is 2. The average Bonchev–Trinajstić information content (AvgIpc) is 1.71. The van der Waals surface area contributed by atoms with Gasteiger partial charge in [0.15, 0.2) is 57.3 Å². The average molecular weight is 1510 g/mol. The van der Waals surface area contributed by atoms with Gasteiger partial charge < -0.3 is 131 Å². The monoisotopic (exact) mass is 1510 g/mol. The molecule has 538 valence electrons. The predicted molar refractivity (Wildman–Crippen MR) is 347 cm³/mol. The van der Waals surface area contributed by atoms with Gasteiger partial charge in [-0.2, -0.15) is 0 Å². The molecule has 0 aromatic carbocycles. The zero-order valence-electron chi connectivity index (χ0n) is 51.8. The van der Waals surface area contributed by atoms with Gasteiger partial charge in [0, 0.05) is 38.3 Å². The van der Waals surface area contributed by atoms with Gasteiger partial charge in [-0.1, -0.05) is 35.5 Å². The number of H-pyrrole nitrogens is 6. The first-order valence-corrected chi connectivity index (χ1v) is 28.0. The molecule has 0 unspecified atom stereocenters. The van der Waals surface area contributed by atoms with E-state index in [0.29, 0.717) is 68.2 Å². The first-order valence-electron chi connectivity index (χ1n) is 27.5. The van der Waals surface area contributed by atoms with Crippen LogP contribution in [0, 0.1) is 0 Å². The Morgan fingerprint density at radius 3 is 1.15 bits per heavy atom. The van der Waals surface area contributed by atoms with Crippen LogP contribution in [0.2, 0.25) is 0 Å². The second-order valence-electron chi connectivity index (χ2n) is 19.0. The third-order valence-electron chi connectivity index (χ3n) is 11.9. The van der Waals surface area contributed by atoms with Crippen LogP contribution in [-0.4, -0.2) is 253 Å². The Hall–Kier alpha value is -8.65. The molecule has 9 rings (SSSR count). The summed E-state index contributed by atoms with van der Waals surface area (Å²) < 4.78 is 15.0. The third-order valence-corrected chi connectivity index (χ3v) is 12.9. The van der Waals surface area contributed by atoms with Gasteiger partial charge in [-0.15, -0.1) is 35.1 Å². The summed E-state index contributed by atoms with van der Waals surface area (Å²) >= 11 is 2.66. The van der Waals surface area contributed by atoms with E-state index in [0.717, 1.165) is 0 Å². The van der Waals surface area contributed by atoms with Crippen LogP contribution in [0.1, 0.15) is 150 Å². The highest BCUT2D eigenvalue weighted by atomic mass is 127. The number of carbonyl (C=O) groups is 3. The molecular formula is C55H82IN17O23S. The molecule has 0 radical (unpaired) electrons. The lowest BCUT2D eigenvalue weighted by Gasteiger charge is -2.20. The molecule has 0 amide bonds. The van der Waals surface area contributed by atoms with Gasteiger partial charge in [-0.25, -0.2) is 34.9 Å². The lowest BCUT2D eigenvalue weighted by Crippen LogP contribution is -2.34. The van der Waals surface area contributed by atoms with Crippen molar-refractivity contribution in [2.45, 2.75) is 131 Å². The summed E-state index contributed by atoms with van der Waals surface area (Å²) in [5.41, 5.74) is 4.52. The minimum Gasteiger partial charge on any atom is -0.411 e. The van der Waals surface area contributed by atoms with Crippen molar-refractivity contribution in [3.8, 4) is 23.0 Å². The molecule has 0 saturated heterocycles. The number of aliphatic hydroxyl groups excluding tert-OH is 16. The Morgan fingerprint density at radius 2 is 0.825 bits per heavy atom. The van der Waals surface area contributed by atoms with E-state index in [4.69, 9.17) is 57.0 Å². The summed E-state index contributed by atoms with van der Waals surface area (Å²) in [6.45, 7) is 4.94. The van der Waals surface area contributed by atoms with E-state index >= 15 is 0 Å². The van der Waals surface area contributed by atoms with Gasteiger partial charge >= 0.3 is 0 Å². The number of Topliss-reactive ketones (excluding diaryl/α,β-unsaturated/α-hetero) is 3. The summed E-state index contributed by atoms with van der Waals surface area (Å²) in [5.74, 6) is 1.53. The second kappa shape index (κ2) is 45.7. The zero-order valence-corrected chi connectivity index (χ0v) is 53.8. The van der Waals surface area contributed by atoms with Gasteiger partial charge in [0.05, 0.1) is 123 Å². The van der Waals surface area contributed by atoms with Crippen LogP contribution in [0.5, 0.6) is 0 Å². The Kier molecular flexibility index (Phi) is 40.7. The fourth-order valence-corrected chi connectivity index (χ4v) is 7.28. The summed E-state index contributed by atoms with van der Waals surface area (Å²) in [6, 6.07) is 3.27. The number of halogens is 1. The molecule has 0 spiro atoms. The van der Waals surface area contributed by atoms with Crippen molar-refractivity contribution in [3.63, 3.8) is 0 Å². The standard InChI is InChI=1S/C10H13N3O5.C9H15N3O5.C9H14N2O5.C7H7N3O2.C6H9N3O2.C6H8N2O2.C6H7NO2S.2CH4.HI/c14-4-7(15)9(17)8(16)6-3-11-10(12-6)5-1-2-18-13-5;1-4(12-17)9-10-2-5(11-9)7(15)8(16)6(14)3-13;1-4(13)9-10-2-5(11-9)7(15)8(16)6(14)3-12;11-4-5-3-8-7(9-5)6-1-2-12-10-6;1-4(9-11)6-7-2-5(3-10)8-6;1-4(10)6-7-2-5(3-9)8-6;1-4(9)6-7-5(2-8)3-10-6;;;/h1-3,7-9,14-17H,4H2,(H,11,12);2,6-8,13-17H,3H2,1H3,(H,10,11);2,6-8,12,14-16H,3H2,1H3,(H,10,11);1-3,11H,4H2,(H,8,9);2,10-11H,3H2,1H3,(H,7,8);2,9H,3H2,1H3,(H,7,8);3,8H,2H2,1H3;2*1H4;1H/b;12-4+;;;9-4+;;;;;/t7-,8-,9-;2*6-,7-,8-;;;;;;;/m111......./s1/i/hT. The molecule has 9 heterocycles. The highest BCUT2D eigenvalue weighted by molar-refractivity contribution is 14.0. The van der Waals surface area contributed by atoms with Crippen LogP contribution in [0.15, 0.2) is 86.6 Å². The lowest BCUT2D eigenvalue weighted by atomic mass is 10.1. The Bertz CT molecular complexity index is 3620. The number of aromatic nitrogens is 15. The van der Waals surface area contributed by atoms with Crippen LogP contribution < -0.4 is 0 Å². The number of nitrogens with one attached hydrogen (secondary N) is 6. The van der Waals surface area contributed by atoms with Crippen molar-refractivity contribution in [1.29, 1.82) is 0.594 Å². The largest absolute Gasteiger partial charge is 0.411 e. The van der Waals surface area contributed by atoms with Crippen molar-refractivity contribution >= 4 is 63.9 Å². The first-order chi connectivity index (χ1) is 45.8. The smallest absolute Gasteiger partial charge is 0.194 e. The van der Waals surface area contributed by atoms with Crippen molar-refractivity contribution in [2.75, 3.05) is 19.8 Å². The summed E-state index contributed by atoms with van der Waals surface area (Å²) in [4.78, 5) is 75.2. The van der Waals surface area contributed by atoms with Crippen molar-refractivity contribution in [1.82, 2.24) is 75.1 Å². The van der Waals surface area contributed by atoms with Crippen molar-refractivity contribution in [2.24, 2.45) is 10.3 Å². The number of aliphatic hydroxyl groups is 16. The van der Waals surface area contributed by atoms with Gasteiger partial charge in [0.25, 0.3) is 0 Å². The third kappa shape index (κ3) is 28.1. The predicted octanol–water partition coefficient (Wildman–Crippen LogP) is -0.983. The molecule has 9 atom stereocenters. The molecule has 0 aliphatic rings. The fraction of sp³-hybridized carbons (Fsp3) is 0.418. The van der Waals surface area contributed by atoms with E-state index in [1.54, 1.807) is 30.6 Å². The van der Waals surface area contributed by atoms with Crippen LogP contribution in [-0.2, 0) is 26.4 Å². The molecule has 9 aromatic heterocycles. The minimum atomic E-state index is -1.55. The van der Waals surface area contributed by atoms with E-state index < -0.39 is 74.8 Å². The van der Waals surface area contributed by atoms with E-state index in [9.17, 15) is 50.1 Å². The van der Waals surface area contributed by atoms with Gasteiger partial charge in [0.1, 0.15) is 90.9 Å². The van der Waals surface area contributed by atoms with Crippen LogP contribution in [0.4, 0.5) is 0 Å². The molecule has 40 nitrogen and oxygen atoms in total. The number of imidazole rings is 6. The number of rotatable bonds is 23. The number of hydrogen-bond acceptors (Lipinski definition) is 35. The highest BCUT2D eigenvalue weighted by Gasteiger charge is 2.29. The highest BCUT2D eigenvalue weighted by Crippen LogP contribution is 2.22. The van der Waals surface area contributed by atoms with E-state index in [1.165, 1.54) is 106 Å². The summed E-state index contributed by atoms with van der Waals surface area (Å²) in [5, 5.41) is 177.